The predicted molar refractivity (Wildman–Crippen MR) is 52.8 cm³/mol. The van der Waals surface area contributed by atoms with Crippen molar-refractivity contribution >= 4 is 0 Å². The van der Waals surface area contributed by atoms with E-state index in [9.17, 15) is 5.11 Å². The minimum absolute atomic E-state index is 0.441. The molecule has 13 heavy (non-hydrogen) atoms. The summed E-state index contributed by atoms with van der Waals surface area (Å²) in [4.78, 5) is 2.21. The molecule has 0 aromatic rings. The van der Waals surface area contributed by atoms with Gasteiger partial charge in [0, 0.05) is 26.2 Å². The molecule has 0 aromatic carbocycles. The first kappa shape index (κ1) is 11.0. The van der Waals surface area contributed by atoms with Gasteiger partial charge >= 0.3 is 0 Å². The Labute approximate surface area is 80.7 Å². The van der Waals surface area contributed by atoms with Gasteiger partial charge in [-0.25, -0.2) is 0 Å². The molecule has 78 valence electrons. The Morgan fingerprint density at radius 1 is 1.38 bits per heavy atom. The summed E-state index contributed by atoms with van der Waals surface area (Å²) < 4.78 is 5.43. The summed E-state index contributed by atoms with van der Waals surface area (Å²) in [7, 11) is 0. The van der Waals surface area contributed by atoms with Gasteiger partial charge in [0.2, 0.25) is 0 Å². The summed E-state index contributed by atoms with van der Waals surface area (Å²) in [5, 5.41) is 9.44. The van der Waals surface area contributed by atoms with E-state index in [0.29, 0.717) is 0 Å². The first-order valence-electron chi connectivity index (χ1n) is 5.16. The van der Waals surface area contributed by atoms with E-state index in [1.54, 1.807) is 0 Å². The maximum atomic E-state index is 9.44. The third kappa shape index (κ3) is 4.07. The number of β-amino-alcohol motifs (C(OH)–C–C–N with tert-alkyl or cyclic N) is 1. The van der Waals surface area contributed by atoms with Crippen LogP contribution < -0.4 is 0 Å². The Bertz CT molecular complexity index is 140. The molecule has 0 radical (unpaired) electrons. The van der Waals surface area contributed by atoms with Crippen LogP contribution in [0.25, 0.3) is 0 Å². The van der Waals surface area contributed by atoms with Crippen LogP contribution in [0.2, 0.25) is 0 Å². The summed E-state index contributed by atoms with van der Waals surface area (Å²) in [5.74, 6) is 0. The lowest BCUT2D eigenvalue weighted by Gasteiger charge is -2.44. The van der Waals surface area contributed by atoms with Crippen LogP contribution in [-0.4, -0.2) is 48.5 Å². The molecule has 0 bridgehead atoms. The molecule has 0 aromatic heterocycles. The highest BCUT2D eigenvalue weighted by Crippen LogP contribution is 2.18. The summed E-state index contributed by atoms with van der Waals surface area (Å²) in [6.07, 6.45) is 2.34. The predicted octanol–water partition coefficient (Wildman–Crippen LogP) is 0.870. The van der Waals surface area contributed by atoms with E-state index in [-0.39, 0.29) is 0 Å². The van der Waals surface area contributed by atoms with Crippen molar-refractivity contribution in [2.45, 2.75) is 32.3 Å². The molecule has 0 atom stereocenters. The SMILES string of the molecule is CCCCOCCN1CC(C)(O)C1. The van der Waals surface area contributed by atoms with Gasteiger partial charge in [0.1, 0.15) is 0 Å². The Morgan fingerprint density at radius 3 is 2.62 bits per heavy atom. The molecule has 0 spiro atoms. The molecule has 3 heteroatoms. The van der Waals surface area contributed by atoms with Crippen molar-refractivity contribution in [1.29, 1.82) is 0 Å². The smallest absolute Gasteiger partial charge is 0.0872 e. The summed E-state index contributed by atoms with van der Waals surface area (Å²) >= 11 is 0. The zero-order valence-electron chi connectivity index (χ0n) is 8.75. The first-order valence-corrected chi connectivity index (χ1v) is 5.16. The Balaban J connectivity index is 1.85. The van der Waals surface area contributed by atoms with Crippen LogP contribution in [0.3, 0.4) is 0 Å². The molecule has 3 nitrogen and oxygen atoms in total. The maximum Gasteiger partial charge on any atom is 0.0872 e. The number of rotatable bonds is 6. The van der Waals surface area contributed by atoms with Crippen LogP contribution in [0.4, 0.5) is 0 Å². The molecular formula is C10H21NO2. The van der Waals surface area contributed by atoms with Crippen molar-refractivity contribution in [3.05, 3.63) is 0 Å². The molecular weight excluding hydrogens is 166 g/mol. The highest BCUT2D eigenvalue weighted by atomic mass is 16.5. The number of hydrogen-bond acceptors (Lipinski definition) is 3. The van der Waals surface area contributed by atoms with Crippen LogP contribution in [-0.2, 0) is 4.74 Å². The number of ether oxygens (including phenoxy) is 1. The lowest BCUT2D eigenvalue weighted by atomic mass is 9.97. The van der Waals surface area contributed by atoms with Crippen molar-refractivity contribution < 1.29 is 9.84 Å². The van der Waals surface area contributed by atoms with Gasteiger partial charge in [-0.2, -0.15) is 0 Å². The van der Waals surface area contributed by atoms with Crippen LogP contribution in [0.15, 0.2) is 0 Å². The zero-order valence-corrected chi connectivity index (χ0v) is 8.75. The molecule has 0 saturated carbocycles. The lowest BCUT2D eigenvalue weighted by molar-refractivity contribution is -0.0901. The third-order valence-corrected chi connectivity index (χ3v) is 2.32. The Hall–Kier alpha value is -0.120. The van der Waals surface area contributed by atoms with Gasteiger partial charge in [-0.3, -0.25) is 4.90 Å². The molecule has 0 amide bonds. The lowest BCUT2D eigenvalue weighted by Crippen LogP contribution is -2.60. The van der Waals surface area contributed by atoms with Gasteiger partial charge < -0.3 is 9.84 Å². The van der Waals surface area contributed by atoms with Gasteiger partial charge in [0.25, 0.3) is 0 Å². The van der Waals surface area contributed by atoms with E-state index < -0.39 is 5.60 Å². The fourth-order valence-electron chi connectivity index (χ4n) is 1.62. The monoisotopic (exact) mass is 187 g/mol. The summed E-state index contributed by atoms with van der Waals surface area (Å²) in [6.45, 7) is 8.27. The molecule has 1 fully saturated rings. The van der Waals surface area contributed by atoms with E-state index >= 15 is 0 Å². The number of unbranched alkanes of at least 4 members (excludes halogenated alkanes) is 1. The number of nitrogens with zero attached hydrogens (tertiary/aromatic N) is 1. The van der Waals surface area contributed by atoms with Gasteiger partial charge in [-0.1, -0.05) is 13.3 Å². The molecule has 1 N–H and O–H groups in total. The molecule has 1 aliphatic rings. The normalized spacial score (nSPS) is 21.5. The minimum Gasteiger partial charge on any atom is -0.388 e. The minimum atomic E-state index is -0.441. The largest absolute Gasteiger partial charge is 0.388 e. The van der Waals surface area contributed by atoms with E-state index in [1.165, 1.54) is 6.42 Å². The van der Waals surface area contributed by atoms with Crippen molar-refractivity contribution in [2.24, 2.45) is 0 Å². The second-order valence-electron chi connectivity index (χ2n) is 4.17. The fourth-order valence-corrected chi connectivity index (χ4v) is 1.62. The maximum absolute atomic E-state index is 9.44. The topological polar surface area (TPSA) is 32.7 Å². The highest BCUT2D eigenvalue weighted by Gasteiger charge is 2.35. The number of aliphatic hydroxyl groups is 1. The van der Waals surface area contributed by atoms with Crippen LogP contribution in [0.1, 0.15) is 26.7 Å². The van der Waals surface area contributed by atoms with E-state index in [4.69, 9.17) is 4.74 Å². The average molecular weight is 187 g/mol. The Morgan fingerprint density at radius 2 is 2.08 bits per heavy atom. The number of likely N-dealkylation sites (tertiary alicyclic amines) is 1. The standard InChI is InChI=1S/C10H21NO2/c1-3-4-6-13-7-5-11-8-10(2,12)9-11/h12H,3-9H2,1-2H3. The van der Waals surface area contributed by atoms with Gasteiger partial charge in [0.05, 0.1) is 12.2 Å². The molecule has 0 unspecified atom stereocenters. The zero-order chi connectivity index (χ0) is 9.73. The quantitative estimate of drug-likeness (QED) is 0.626. The van der Waals surface area contributed by atoms with Crippen LogP contribution in [0, 0.1) is 0 Å². The van der Waals surface area contributed by atoms with Crippen molar-refractivity contribution in [3.63, 3.8) is 0 Å². The molecule has 0 aliphatic carbocycles. The summed E-state index contributed by atoms with van der Waals surface area (Å²) in [5.41, 5.74) is -0.441. The number of hydrogen-bond donors (Lipinski definition) is 1. The molecule has 1 rings (SSSR count). The van der Waals surface area contributed by atoms with E-state index in [1.807, 2.05) is 6.92 Å². The van der Waals surface area contributed by atoms with Gasteiger partial charge in [0.15, 0.2) is 0 Å². The average Bonchev–Trinajstić information content (AvgIpc) is 2.00. The third-order valence-electron chi connectivity index (χ3n) is 2.32. The highest BCUT2D eigenvalue weighted by molar-refractivity contribution is 4.90. The van der Waals surface area contributed by atoms with E-state index in [2.05, 4.69) is 11.8 Å². The van der Waals surface area contributed by atoms with Crippen molar-refractivity contribution in [2.75, 3.05) is 32.8 Å². The van der Waals surface area contributed by atoms with E-state index in [0.717, 1.165) is 39.3 Å². The van der Waals surface area contributed by atoms with Gasteiger partial charge in [-0.15, -0.1) is 0 Å². The second kappa shape index (κ2) is 4.94. The fraction of sp³-hybridized carbons (Fsp3) is 1.00. The van der Waals surface area contributed by atoms with Crippen molar-refractivity contribution in [3.8, 4) is 0 Å². The molecule has 1 saturated heterocycles. The van der Waals surface area contributed by atoms with Crippen LogP contribution in [0.5, 0.6) is 0 Å². The molecule has 1 heterocycles. The first-order chi connectivity index (χ1) is 6.14. The molecule has 1 aliphatic heterocycles. The second-order valence-corrected chi connectivity index (χ2v) is 4.17. The van der Waals surface area contributed by atoms with Crippen LogP contribution >= 0.6 is 0 Å². The Kier molecular flexibility index (Phi) is 4.16. The van der Waals surface area contributed by atoms with Crippen molar-refractivity contribution in [1.82, 2.24) is 4.90 Å². The summed E-state index contributed by atoms with van der Waals surface area (Å²) in [6, 6.07) is 0. The van der Waals surface area contributed by atoms with Gasteiger partial charge in [-0.05, 0) is 13.3 Å².